The molecule has 0 aliphatic heterocycles. The van der Waals surface area contributed by atoms with Crippen LogP contribution in [-0.4, -0.2) is 23.6 Å². The number of carbonyl (C=O) groups is 2. The highest BCUT2D eigenvalue weighted by atomic mass is 35.5. The number of unbranched alkanes of at least 4 members (excludes halogenated alkanes) is 3. The van der Waals surface area contributed by atoms with Crippen molar-refractivity contribution in [1.29, 1.82) is 0 Å². The van der Waals surface area contributed by atoms with E-state index < -0.39 is 0 Å². The van der Waals surface area contributed by atoms with Gasteiger partial charge in [-0.05, 0) is 49.2 Å². The Morgan fingerprint density at radius 2 is 1.54 bits per heavy atom. The summed E-state index contributed by atoms with van der Waals surface area (Å²) in [6, 6.07) is 12.3. The van der Waals surface area contributed by atoms with Gasteiger partial charge in [0.25, 0.3) is 5.91 Å². The molecule has 0 unspecified atom stereocenters. The second-order valence-electron chi connectivity index (χ2n) is 6.25. The highest BCUT2D eigenvalue weighted by Gasteiger charge is 2.08. The Labute approximate surface area is 174 Å². The summed E-state index contributed by atoms with van der Waals surface area (Å²) in [6.45, 7) is 0.570. The lowest BCUT2D eigenvalue weighted by molar-refractivity contribution is -0.129. The Morgan fingerprint density at radius 1 is 0.893 bits per heavy atom. The van der Waals surface area contributed by atoms with Gasteiger partial charge in [0.2, 0.25) is 5.91 Å². The highest BCUT2D eigenvalue weighted by molar-refractivity contribution is 6.39. The van der Waals surface area contributed by atoms with E-state index in [1.807, 2.05) is 0 Å². The minimum Gasteiger partial charge on any atom is -0.353 e. The third kappa shape index (κ3) is 7.03. The molecule has 0 saturated heterocycles. The Balaban J connectivity index is 1.74. The van der Waals surface area contributed by atoms with E-state index >= 15 is 0 Å². The van der Waals surface area contributed by atoms with Gasteiger partial charge in [0, 0.05) is 24.2 Å². The Hall–Kier alpha value is -2.28. The molecule has 8 heteroatoms. The van der Waals surface area contributed by atoms with Crippen LogP contribution in [0.4, 0.5) is 11.4 Å². The summed E-state index contributed by atoms with van der Waals surface area (Å²) in [5.74, 6) is -0.509. The molecular weight excluding hydrogens is 401 g/mol. The summed E-state index contributed by atoms with van der Waals surface area (Å²) < 4.78 is 0. The zero-order valence-corrected chi connectivity index (χ0v) is 16.8. The number of benzene rings is 2. The molecular formula is C20H23Cl2N3O3. The van der Waals surface area contributed by atoms with E-state index in [2.05, 4.69) is 10.6 Å². The molecule has 0 spiro atoms. The van der Waals surface area contributed by atoms with Crippen molar-refractivity contribution < 1.29 is 14.8 Å². The quantitative estimate of drug-likeness (QED) is 0.248. The largest absolute Gasteiger partial charge is 0.353 e. The van der Waals surface area contributed by atoms with Crippen LogP contribution in [0.3, 0.4) is 0 Å². The maximum Gasteiger partial charge on any atom is 0.251 e. The maximum absolute atomic E-state index is 12.2. The summed E-state index contributed by atoms with van der Waals surface area (Å²) in [7, 11) is 0. The van der Waals surface area contributed by atoms with Crippen LogP contribution in [0.5, 0.6) is 0 Å². The monoisotopic (exact) mass is 423 g/mol. The van der Waals surface area contributed by atoms with Crippen LogP contribution in [0.2, 0.25) is 10.0 Å². The molecule has 2 aromatic rings. The molecule has 0 bridgehead atoms. The lowest BCUT2D eigenvalue weighted by Gasteiger charge is -2.11. The fraction of sp³-hybridized carbons (Fsp3) is 0.300. The lowest BCUT2D eigenvalue weighted by Crippen LogP contribution is -2.24. The van der Waals surface area contributed by atoms with Crippen molar-refractivity contribution in [2.75, 3.05) is 11.9 Å². The first-order chi connectivity index (χ1) is 13.5. The molecule has 0 heterocycles. The number of halogens is 2. The minimum absolute atomic E-state index is 0.137. The van der Waals surface area contributed by atoms with Gasteiger partial charge >= 0.3 is 0 Å². The van der Waals surface area contributed by atoms with Crippen LogP contribution in [0.25, 0.3) is 0 Å². The summed E-state index contributed by atoms with van der Waals surface area (Å²) in [5.41, 5.74) is 3.58. The van der Waals surface area contributed by atoms with Crippen molar-refractivity contribution >= 4 is 46.4 Å². The van der Waals surface area contributed by atoms with Gasteiger partial charge < -0.3 is 10.6 Å². The first-order valence-electron chi connectivity index (χ1n) is 9.03. The number of carbonyl (C=O) groups excluding carboxylic acids is 2. The van der Waals surface area contributed by atoms with Crippen molar-refractivity contribution in [3.8, 4) is 0 Å². The zero-order valence-electron chi connectivity index (χ0n) is 15.3. The van der Waals surface area contributed by atoms with Gasteiger partial charge in [0.05, 0.1) is 15.7 Å². The number of hydroxylamine groups is 1. The number of nitrogens with one attached hydrogen (secondary N) is 3. The predicted molar refractivity (Wildman–Crippen MR) is 112 cm³/mol. The third-order valence-electron chi connectivity index (χ3n) is 4.12. The Morgan fingerprint density at radius 3 is 2.18 bits per heavy atom. The van der Waals surface area contributed by atoms with Crippen molar-refractivity contribution in [2.24, 2.45) is 0 Å². The molecule has 0 saturated carbocycles. The molecule has 6 nitrogen and oxygen atoms in total. The molecule has 28 heavy (non-hydrogen) atoms. The van der Waals surface area contributed by atoms with Crippen LogP contribution in [0.1, 0.15) is 42.5 Å². The van der Waals surface area contributed by atoms with Gasteiger partial charge in [-0.15, -0.1) is 0 Å². The Bertz CT molecular complexity index is 778. The predicted octanol–water partition coefficient (Wildman–Crippen LogP) is 4.92. The number of amides is 2. The number of rotatable bonds is 10. The fourth-order valence-corrected chi connectivity index (χ4v) is 3.08. The van der Waals surface area contributed by atoms with E-state index in [-0.39, 0.29) is 11.8 Å². The molecule has 150 valence electrons. The average Bonchev–Trinajstić information content (AvgIpc) is 2.70. The average molecular weight is 424 g/mol. The smallest absolute Gasteiger partial charge is 0.251 e. The van der Waals surface area contributed by atoms with E-state index in [1.165, 1.54) is 0 Å². The van der Waals surface area contributed by atoms with Crippen LogP contribution < -0.4 is 16.1 Å². The summed E-state index contributed by atoms with van der Waals surface area (Å²) >= 11 is 12.3. The molecule has 2 rings (SSSR count). The van der Waals surface area contributed by atoms with Crippen LogP contribution in [-0.2, 0) is 4.79 Å². The molecule has 0 aliphatic rings. The van der Waals surface area contributed by atoms with Crippen molar-refractivity contribution in [1.82, 2.24) is 10.8 Å². The summed E-state index contributed by atoms with van der Waals surface area (Å²) in [5, 5.41) is 15.5. The lowest BCUT2D eigenvalue weighted by atomic mass is 10.1. The van der Waals surface area contributed by atoms with Gasteiger partial charge in [0.15, 0.2) is 0 Å². The number of para-hydroxylation sites is 1. The normalized spacial score (nSPS) is 10.4. The van der Waals surface area contributed by atoms with E-state index in [0.717, 1.165) is 24.9 Å². The molecule has 2 aromatic carbocycles. The minimum atomic E-state index is -0.372. The first-order valence-corrected chi connectivity index (χ1v) is 9.79. The molecule has 0 fully saturated rings. The number of anilines is 2. The maximum atomic E-state index is 12.2. The second-order valence-corrected chi connectivity index (χ2v) is 7.07. The Kier molecular flexibility index (Phi) is 9.07. The molecule has 0 radical (unpaired) electrons. The van der Waals surface area contributed by atoms with Crippen molar-refractivity contribution in [2.45, 2.75) is 32.1 Å². The van der Waals surface area contributed by atoms with E-state index in [1.54, 1.807) is 47.9 Å². The zero-order chi connectivity index (χ0) is 20.4. The molecule has 4 N–H and O–H groups in total. The number of hydrogen-bond acceptors (Lipinski definition) is 4. The molecule has 2 amide bonds. The van der Waals surface area contributed by atoms with Gasteiger partial charge in [-0.2, -0.15) is 0 Å². The van der Waals surface area contributed by atoms with Crippen LogP contribution >= 0.6 is 23.2 Å². The fourth-order valence-electron chi connectivity index (χ4n) is 2.59. The van der Waals surface area contributed by atoms with E-state index in [0.29, 0.717) is 40.7 Å². The van der Waals surface area contributed by atoms with Crippen LogP contribution in [0, 0.1) is 0 Å². The van der Waals surface area contributed by atoms with Crippen LogP contribution in [0.15, 0.2) is 42.5 Å². The molecule has 0 atom stereocenters. The van der Waals surface area contributed by atoms with Crippen molar-refractivity contribution in [3.63, 3.8) is 0 Å². The first kappa shape index (κ1) is 22.0. The second kappa shape index (κ2) is 11.5. The number of hydrogen-bond donors (Lipinski definition) is 4. The van der Waals surface area contributed by atoms with E-state index in [4.69, 9.17) is 28.4 Å². The van der Waals surface area contributed by atoms with Gasteiger partial charge in [-0.1, -0.05) is 42.1 Å². The standard InChI is InChI=1S/C20H23Cl2N3O3/c21-16-6-5-7-17(22)19(16)24-15-11-9-14(10-12-15)20(27)23-13-4-2-1-3-8-18(26)25-28/h5-7,9-12,24,28H,1-4,8,13H2,(H,23,27)(H,25,26). The molecule has 0 aromatic heterocycles. The summed E-state index contributed by atoms with van der Waals surface area (Å²) in [4.78, 5) is 23.1. The van der Waals surface area contributed by atoms with Gasteiger partial charge in [-0.3, -0.25) is 14.8 Å². The van der Waals surface area contributed by atoms with Crippen molar-refractivity contribution in [3.05, 3.63) is 58.1 Å². The summed E-state index contributed by atoms with van der Waals surface area (Å²) in [6.07, 6.45) is 3.62. The van der Waals surface area contributed by atoms with E-state index in [9.17, 15) is 9.59 Å². The SMILES string of the molecule is O=C(CCCCCCNC(=O)c1ccc(Nc2c(Cl)cccc2Cl)cc1)NO. The third-order valence-corrected chi connectivity index (χ3v) is 4.75. The molecule has 0 aliphatic carbocycles. The highest BCUT2D eigenvalue weighted by Crippen LogP contribution is 2.32. The van der Waals surface area contributed by atoms with Gasteiger partial charge in [0.1, 0.15) is 0 Å². The topological polar surface area (TPSA) is 90.5 Å². The van der Waals surface area contributed by atoms with Gasteiger partial charge in [-0.25, -0.2) is 5.48 Å².